The minimum atomic E-state index is -0.512. The summed E-state index contributed by atoms with van der Waals surface area (Å²) in [7, 11) is 0. The maximum absolute atomic E-state index is 11.1. The highest BCUT2D eigenvalue weighted by atomic mass is 16.6. The van der Waals surface area contributed by atoms with Crippen molar-refractivity contribution in [2.45, 2.75) is 19.9 Å². The van der Waals surface area contributed by atoms with Crippen molar-refractivity contribution in [2.75, 3.05) is 19.8 Å². The molecule has 2 aromatic rings. The summed E-state index contributed by atoms with van der Waals surface area (Å²) in [6.07, 6.45) is 9.19. The SMILES string of the molecule is CC(=O)CC(=O)OCCOC/C=C/c1ccc(Cn2ccnc2)cc1. The molecule has 0 aliphatic heterocycles. The summed E-state index contributed by atoms with van der Waals surface area (Å²) in [5, 5.41) is 0. The van der Waals surface area contributed by atoms with Gasteiger partial charge >= 0.3 is 5.97 Å². The molecule has 0 spiro atoms. The molecular weight excluding hydrogens is 320 g/mol. The van der Waals surface area contributed by atoms with E-state index in [9.17, 15) is 9.59 Å². The van der Waals surface area contributed by atoms with Crippen LogP contribution in [0.1, 0.15) is 24.5 Å². The van der Waals surface area contributed by atoms with Gasteiger partial charge in [0.1, 0.15) is 18.8 Å². The van der Waals surface area contributed by atoms with Crippen LogP contribution in [0.4, 0.5) is 0 Å². The van der Waals surface area contributed by atoms with Gasteiger partial charge in [0, 0.05) is 18.9 Å². The van der Waals surface area contributed by atoms with E-state index in [1.165, 1.54) is 12.5 Å². The molecule has 6 heteroatoms. The van der Waals surface area contributed by atoms with Crippen molar-refractivity contribution < 1.29 is 19.1 Å². The van der Waals surface area contributed by atoms with Gasteiger partial charge in [-0.25, -0.2) is 4.98 Å². The first-order valence-corrected chi connectivity index (χ1v) is 8.07. The van der Waals surface area contributed by atoms with Crippen LogP contribution in [-0.2, 0) is 25.6 Å². The molecular formula is C19H22N2O4. The van der Waals surface area contributed by atoms with E-state index in [1.54, 1.807) is 12.5 Å². The Balaban J connectivity index is 1.61. The number of rotatable bonds is 10. The number of esters is 1. The van der Waals surface area contributed by atoms with Gasteiger partial charge in [-0.05, 0) is 18.1 Å². The van der Waals surface area contributed by atoms with Crippen molar-refractivity contribution in [3.63, 3.8) is 0 Å². The molecule has 0 aliphatic carbocycles. The van der Waals surface area contributed by atoms with Crippen LogP contribution in [0, 0.1) is 0 Å². The smallest absolute Gasteiger partial charge is 0.313 e. The van der Waals surface area contributed by atoms with Crippen molar-refractivity contribution in [1.82, 2.24) is 9.55 Å². The first-order chi connectivity index (χ1) is 12.1. The van der Waals surface area contributed by atoms with Crippen LogP contribution in [-0.4, -0.2) is 41.1 Å². The highest BCUT2D eigenvalue weighted by molar-refractivity contribution is 5.94. The lowest BCUT2D eigenvalue weighted by atomic mass is 10.1. The zero-order chi connectivity index (χ0) is 17.9. The number of benzene rings is 1. The second-order valence-corrected chi connectivity index (χ2v) is 5.55. The lowest BCUT2D eigenvalue weighted by Crippen LogP contribution is -2.13. The molecule has 0 saturated carbocycles. The van der Waals surface area contributed by atoms with Crippen LogP contribution in [0.15, 0.2) is 49.1 Å². The molecule has 1 aromatic heterocycles. The van der Waals surface area contributed by atoms with E-state index in [4.69, 9.17) is 9.47 Å². The molecule has 0 radical (unpaired) electrons. The zero-order valence-electron chi connectivity index (χ0n) is 14.3. The quantitative estimate of drug-likeness (QED) is 0.377. The fourth-order valence-electron chi connectivity index (χ4n) is 2.13. The second kappa shape index (κ2) is 10.2. The van der Waals surface area contributed by atoms with Gasteiger partial charge in [-0.2, -0.15) is 0 Å². The molecule has 0 unspecified atom stereocenters. The normalized spacial score (nSPS) is 10.9. The second-order valence-electron chi connectivity index (χ2n) is 5.55. The molecule has 0 saturated heterocycles. The van der Waals surface area contributed by atoms with Gasteiger partial charge in [0.15, 0.2) is 0 Å². The maximum atomic E-state index is 11.1. The van der Waals surface area contributed by atoms with Crippen molar-refractivity contribution in [3.05, 3.63) is 60.2 Å². The molecule has 0 bridgehead atoms. The Morgan fingerprint density at radius 1 is 1.20 bits per heavy atom. The highest BCUT2D eigenvalue weighted by Gasteiger charge is 2.05. The van der Waals surface area contributed by atoms with E-state index >= 15 is 0 Å². The summed E-state index contributed by atoms with van der Waals surface area (Å²) in [4.78, 5) is 25.9. The molecule has 25 heavy (non-hydrogen) atoms. The van der Waals surface area contributed by atoms with E-state index in [2.05, 4.69) is 17.1 Å². The van der Waals surface area contributed by atoms with Gasteiger partial charge in [-0.1, -0.05) is 36.4 Å². The van der Waals surface area contributed by atoms with Crippen LogP contribution < -0.4 is 0 Å². The first-order valence-electron chi connectivity index (χ1n) is 8.07. The van der Waals surface area contributed by atoms with Gasteiger partial charge in [0.25, 0.3) is 0 Å². The number of hydrogen-bond acceptors (Lipinski definition) is 5. The summed E-state index contributed by atoms with van der Waals surface area (Å²) in [5.41, 5.74) is 2.30. The molecule has 132 valence electrons. The van der Waals surface area contributed by atoms with Gasteiger partial charge in [-0.15, -0.1) is 0 Å². The minimum Gasteiger partial charge on any atom is -0.463 e. The predicted molar refractivity (Wildman–Crippen MR) is 93.9 cm³/mol. The third-order valence-corrected chi connectivity index (χ3v) is 3.31. The van der Waals surface area contributed by atoms with Gasteiger partial charge in [0.05, 0.1) is 19.5 Å². The number of carbonyl (C=O) groups excluding carboxylic acids is 2. The average molecular weight is 342 g/mol. The number of Topliss-reactive ketones (excluding diaryl/α,β-unsaturated/α-hetero) is 1. The van der Waals surface area contributed by atoms with Crippen LogP contribution in [0.3, 0.4) is 0 Å². The maximum Gasteiger partial charge on any atom is 0.313 e. The van der Waals surface area contributed by atoms with Crippen LogP contribution in [0.25, 0.3) is 6.08 Å². The molecule has 0 atom stereocenters. The Hall–Kier alpha value is -2.73. The van der Waals surface area contributed by atoms with E-state index in [0.29, 0.717) is 13.2 Å². The first kappa shape index (κ1) is 18.6. The van der Waals surface area contributed by atoms with Crippen LogP contribution in [0.2, 0.25) is 0 Å². The number of ketones is 1. The third-order valence-electron chi connectivity index (χ3n) is 3.31. The lowest BCUT2D eigenvalue weighted by Gasteiger charge is -2.04. The van der Waals surface area contributed by atoms with E-state index in [-0.39, 0.29) is 18.8 Å². The molecule has 0 fully saturated rings. The lowest BCUT2D eigenvalue weighted by molar-refractivity contribution is -0.147. The van der Waals surface area contributed by atoms with E-state index in [1.807, 2.05) is 35.0 Å². The van der Waals surface area contributed by atoms with Crippen LogP contribution in [0.5, 0.6) is 0 Å². The number of aromatic nitrogens is 2. The minimum absolute atomic E-state index is 0.156. The average Bonchev–Trinajstić information content (AvgIpc) is 3.08. The van der Waals surface area contributed by atoms with Crippen molar-refractivity contribution >= 4 is 17.8 Å². The summed E-state index contributed by atoms with van der Waals surface area (Å²) in [6, 6.07) is 8.25. The standard InChI is InChI=1S/C19H22N2O4/c1-16(22)13-19(23)25-12-11-24-10-2-3-17-4-6-18(7-5-17)14-21-9-8-20-15-21/h2-9,15H,10-14H2,1H3/b3-2+. The zero-order valence-corrected chi connectivity index (χ0v) is 14.3. The van der Waals surface area contributed by atoms with Crippen molar-refractivity contribution in [3.8, 4) is 0 Å². The summed E-state index contributed by atoms with van der Waals surface area (Å²) >= 11 is 0. The Morgan fingerprint density at radius 2 is 2.00 bits per heavy atom. The monoisotopic (exact) mass is 342 g/mol. The van der Waals surface area contributed by atoms with E-state index in [0.717, 1.165) is 12.1 Å². The Labute approximate surface area is 147 Å². The molecule has 0 amide bonds. The summed E-state index contributed by atoms with van der Waals surface area (Å²) < 4.78 is 12.2. The number of imidazole rings is 1. The van der Waals surface area contributed by atoms with Gasteiger partial charge in [0.2, 0.25) is 0 Å². The number of hydrogen-bond donors (Lipinski definition) is 0. The van der Waals surface area contributed by atoms with Crippen LogP contribution >= 0.6 is 0 Å². The molecule has 0 aliphatic rings. The van der Waals surface area contributed by atoms with Crippen molar-refractivity contribution in [2.24, 2.45) is 0 Å². The number of nitrogens with zero attached hydrogens (tertiary/aromatic N) is 2. The van der Waals surface area contributed by atoms with E-state index < -0.39 is 5.97 Å². The Morgan fingerprint density at radius 3 is 2.68 bits per heavy atom. The molecule has 1 aromatic carbocycles. The molecule has 1 heterocycles. The Kier molecular flexibility index (Phi) is 7.59. The number of carbonyl (C=O) groups is 2. The summed E-state index contributed by atoms with van der Waals surface area (Å²) in [5.74, 6) is -0.715. The fraction of sp³-hybridized carbons (Fsp3) is 0.316. The molecule has 0 N–H and O–H groups in total. The number of ether oxygens (including phenoxy) is 2. The molecule has 6 nitrogen and oxygen atoms in total. The van der Waals surface area contributed by atoms with Gasteiger partial charge in [-0.3, -0.25) is 9.59 Å². The summed E-state index contributed by atoms with van der Waals surface area (Å²) in [6.45, 7) is 3.05. The van der Waals surface area contributed by atoms with Crippen molar-refractivity contribution in [1.29, 1.82) is 0 Å². The Bertz CT molecular complexity index is 691. The topological polar surface area (TPSA) is 70.4 Å². The largest absolute Gasteiger partial charge is 0.463 e. The fourth-order valence-corrected chi connectivity index (χ4v) is 2.13. The third kappa shape index (κ3) is 7.58. The highest BCUT2D eigenvalue weighted by Crippen LogP contribution is 2.08. The molecule has 2 rings (SSSR count). The predicted octanol–water partition coefficient (Wildman–Crippen LogP) is 2.48. The van der Waals surface area contributed by atoms with Gasteiger partial charge < -0.3 is 14.0 Å².